The van der Waals surface area contributed by atoms with Crippen LogP contribution in [0.1, 0.15) is 37.8 Å². The minimum Gasteiger partial charge on any atom is -0.353 e. The Kier molecular flexibility index (Phi) is 3.47. The zero-order valence-electron chi connectivity index (χ0n) is 11.7. The van der Waals surface area contributed by atoms with Crippen LogP contribution in [0.5, 0.6) is 0 Å². The number of nitrogens with one attached hydrogen (secondary N) is 1. The molecule has 2 fully saturated rings. The van der Waals surface area contributed by atoms with Gasteiger partial charge >= 0.3 is 0 Å². The Morgan fingerprint density at radius 1 is 1.30 bits per heavy atom. The molecule has 4 heteroatoms. The highest BCUT2D eigenvalue weighted by Crippen LogP contribution is 2.29. The van der Waals surface area contributed by atoms with Crippen molar-refractivity contribution in [1.82, 2.24) is 10.2 Å². The molecule has 3 rings (SSSR count). The lowest BCUT2D eigenvalue weighted by Gasteiger charge is -2.25. The first kappa shape index (κ1) is 13.2. The van der Waals surface area contributed by atoms with E-state index in [1.54, 1.807) is 0 Å². The summed E-state index contributed by atoms with van der Waals surface area (Å²) in [5.41, 5.74) is 1.11. The van der Waals surface area contributed by atoms with Gasteiger partial charge in [-0.15, -0.1) is 0 Å². The van der Waals surface area contributed by atoms with Crippen molar-refractivity contribution in [3.63, 3.8) is 0 Å². The first-order valence-electron chi connectivity index (χ1n) is 7.30. The van der Waals surface area contributed by atoms with Gasteiger partial charge in [-0.05, 0) is 25.3 Å². The molecule has 1 unspecified atom stereocenters. The minimum absolute atomic E-state index is 0.0300. The van der Waals surface area contributed by atoms with Gasteiger partial charge in [-0.1, -0.05) is 30.3 Å². The van der Waals surface area contributed by atoms with Crippen molar-refractivity contribution in [2.75, 3.05) is 6.54 Å². The van der Waals surface area contributed by atoms with Crippen molar-refractivity contribution in [3.05, 3.63) is 35.9 Å². The molecule has 1 saturated heterocycles. The number of likely N-dealkylation sites (tertiary alicyclic amines) is 1. The Morgan fingerprint density at radius 3 is 2.65 bits per heavy atom. The number of amides is 2. The van der Waals surface area contributed by atoms with Crippen LogP contribution in [-0.4, -0.2) is 29.3 Å². The van der Waals surface area contributed by atoms with Gasteiger partial charge < -0.3 is 10.2 Å². The summed E-state index contributed by atoms with van der Waals surface area (Å²) in [6.07, 6.45) is 2.50. The van der Waals surface area contributed by atoms with E-state index in [1.807, 2.05) is 42.2 Å². The van der Waals surface area contributed by atoms with Gasteiger partial charge in [0.2, 0.25) is 11.8 Å². The molecule has 0 bridgehead atoms. The van der Waals surface area contributed by atoms with Crippen LogP contribution in [0.2, 0.25) is 0 Å². The fourth-order valence-electron chi connectivity index (χ4n) is 2.74. The maximum Gasteiger partial charge on any atom is 0.225 e. The molecule has 0 radical (unpaired) electrons. The summed E-state index contributed by atoms with van der Waals surface area (Å²) in [4.78, 5) is 26.0. The molecule has 1 N–H and O–H groups in total. The van der Waals surface area contributed by atoms with E-state index >= 15 is 0 Å². The van der Waals surface area contributed by atoms with Crippen LogP contribution in [0, 0.1) is 5.92 Å². The smallest absolute Gasteiger partial charge is 0.225 e. The molecule has 0 spiro atoms. The molecule has 1 aliphatic carbocycles. The molecule has 20 heavy (non-hydrogen) atoms. The Labute approximate surface area is 119 Å². The second kappa shape index (κ2) is 5.27. The Morgan fingerprint density at radius 2 is 2.00 bits per heavy atom. The maximum atomic E-state index is 12.2. The summed E-state index contributed by atoms with van der Waals surface area (Å²) >= 11 is 0. The molecule has 2 aliphatic rings. The quantitative estimate of drug-likeness (QED) is 0.909. The molecule has 1 aromatic rings. The van der Waals surface area contributed by atoms with Crippen molar-refractivity contribution < 1.29 is 9.59 Å². The topological polar surface area (TPSA) is 49.4 Å². The first-order valence-corrected chi connectivity index (χ1v) is 7.30. The summed E-state index contributed by atoms with van der Waals surface area (Å²) in [6, 6.07) is 10.4. The average Bonchev–Trinajstić information content (AvgIpc) is 3.19. The van der Waals surface area contributed by atoms with Gasteiger partial charge in [0.05, 0.1) is 12.0 Å². The van der Waals surface area contributed by atoms with Crippen molar-refractivity contribution in [2.45, 2.75) is 38.3 Å². The molecule has 0 aromatic heterocycles. The summed E-state index contributed by atoms with van der Waals surface area (Å²) in [6.45, 7) is 2.56. The lowest BCUT2D eigenvalue weighted by atomic mass is 10.1. The summed E-state index contributed by atoms with van der Waals surface area (Å²) in [7, 11) is 0. The monoisotopic (exact) mass is 272 g/mol. The molecule has 1 heterocycles. The molecule has 1 aromatic carbocycles. The number of benzene rings is 1. The second-order valence-electron chi connectivity index (χ2n) is 5.82. The van der Waals surface area contributed by atoms with Crippen molar-refractivity contribution in [3.8, 4) is 0 Å². The number of carbonyl (C=O) groups is 2. The zero-order chi connectivity index (χ0) is 14.1. The van der Waals surface area contributed by atoms with Crippen molar-refractivity contribution in [2.24, 2.45) is 5.92 Å². The van der Waals surface area contributed by atoms with Crippen LogP contribution >= 0.6 is 0 Å². The largest absolute Gasteiger partial charge is 0.353 e. The average molecular weight is 272 g/mol. The van der Waals surface area contributed by atoms with E-state index < -0.39 is 0 Å². The highest BCUT2D eigenvalue weighted by atomic mass is 16.2. The number of hydrogen-bond donors (Lipinski definition) is 1. The SMILES string of the molecule is C[C@H](c1ccccc1)N1CC(C(=O)NC2CC2)CC1=O. The van der Waals surface area contributed by atoms with Gasteiger partial charge in [-0.2, -0.15) is 0 Å². The van der Waals surface area contributed by atoms with Gasteiger partial charge in [0.15, 0.2) is 0 Å². The van der Waals surface area contributed by atoms with E-state index in [0.29, 0.717) is 19.0 Å². The third-order valence-corrected chi connectivity index (χ3v) is 4.20. The molecule has 1 aliphatic heterocycles. The third-order valence-electron chi connectivity index (χ3n) is 4.20. The molecule has 2 atom stereocenters. The van der Waals surface area contributed by atoms with E-state index in [9.17, 15) is 9.59 Å². The Hall–Kier alpha value is -1.84. The fraction of sp³-hybridized carbons (Fsp3) is 0.500. The predicted octanol–water partition coefficient (Wildman–Crippen LogP) is 1.87. The van der Waals surface area contributed by atoms with Crippen molar-refractivity contribution in [1.29, 1.82) is 0 Å². The molecule has 4 nitrogen and oxygen atoms in total. The molecule has 1 saturated carbocycles. The Bertz CT molecular complexity index is 510. The third kappa shape index (κ3) is 2.69. The number of carbonyl (C=O) groups excluding carboxylic acids is 2. The van der Waals surface area contributed by atoms with Crippen molar-refractivity contribution >= 4 is 11.8 Å². The van der Waals surface area contributed by atoms with Crippen LogP contribution < -0.4 is 5.32 Å². The van der Waals surface area contributed by atoms with Crippen LogP contribution in [0.25, 0.3) is 0 Å². The Balaban J connectivity index is 1.65. The molecule has 106 valence electrons. The van der Waals surface area contributed by atoms with E-state index in [1.165, 1.54) is 0 Å². The van der Waals surface area contributed by atoms with E-state index in [-0.39, 0.29) is 23.8 Å². The highest BCUT2D eigenvalue weighted by Gasteiger charge is 2.38. The predicted molar refractivity (Wildman–Crippen MR) is 75.8 cm³/mol. The lowest BCUT2D eigenvalue weighted by molar-refractivity contribution is -0.130. The lowest BCUT2D eigenvalue weighted by Crippen LogP contribution is -2.34. The number of nitrogens with zero attached hydrogens (tertiary/aromatic N) is 1. The maximum absolute atomic E-state index is 12.2. The number of hydrogen-bond acceptors (Lipinski definition) is 2. The second-order valence-corrected chi connectivity index (χ2v) is 5.82. The highest BCUT2D eigenvalue weighted by molar-refractivity contribution is 5.89. The molecule has 2 amide bonds. The number of rotatable bonds is 4. The van der Waals surface area contributed by atoms with Crippen LogP contribution in [0.4, 0.5) is 0 Å². The first-order chi connectivity index (χ1) is 9.65. The van der Waals surface area contributed by atoms with E-state index in [2.05, 4.69) is 5.32 Å². The summed E-state index contributed by atoms with van der Waals surface area (Å²) in [5, 5.41) is 3.00. The summed E-state index contributed by atoms with van der Waals surface area (Å²) in [5.74, 6) is -0.0600. The summed E-state index contributed by atoms with van der Waals surface area (Å²) < 4.78 is 0. The van der Waals surface area contributed by atoms with Gasteiger partial charge in [0.1, 0.15) is 0 Å². The molecular formula is C16H20N2O2. The molecular weight excluding hydrogens is 252 g/mol. The normalized spacial score (nSPS) is 23.8. The van der Waals surface area contributed by atoms with Crippen LogP contribution in [0.15, 0.2) is 30.3 Å². The fourth-order valence-corrected chi connectivity index (χ4v) is 2.74. The van der Waals surface area contributed by atoms with Gasteiger partial charge in [-0.3, -0.25) is 9.59 Å². The van der Waals surface area contributed by atoms with E-state index in [4.69, 9.17) is 0 Å². The van der Waals surface area contributed by atoms with Crippen LogP contribution in [0.3, 0.4) is 0 Å². The van der Waals surface area contributed by atoms with Gasteiger partial charge in [-0.25, -0.2) is 0 Å². The minimum atomic E-state index is -0.186. The standard InChI is InChI=1S/C16H20N2O2/c1-11(12-5-3-2-4-6-12)18-10-13(9-15(18)19)16(20)17-14-7-8-14/h2-6,11,13-14H,7-10H2,1H3,(H,17,20)/t11-,13?/m1/s1. The zero-order valence-corrected chi connectivity index (χ0v) is 11.7. The van der Waals surface area contributed by atoms with E-state index in [0.717, 1.165) is 18.4 Å². The van der Waals surface area contributed by atoms with Crippen LogP contribution in [-0.2, 0) is 9.59 Å². The van der Waals surface area contributed by atoms with Gasteiger partial charge in [0.25, 0.3) is 0 Å². The van der Waals surface area contributed by atoms with Gasteiger partial charge in [0, 0.05) is 19.0 Å².